The highest BCUT2D eigenvalue weighted by molar-refractivity contribution is 7.92. The van der Waals surface area contributed by atoms with E-state index in [0.717, 1.165) is 9.87 Å². The van der Waals surface area contributed by atoms with Crippen molar-refractivity contribution in [3.05, 3.63) is 94.2 Å². The molecule has 0 spiro atoms. The minimum Gasteiger partial charge on any atom is -0.354 e. The molecule has 31 heavy (non-hydrogen) atoms. The van der Waals surface area contributed by atoms with Gasteiger partial charge in [0.15, 0.2) is 0 Å². The molecule has 5 nitrogen and oxygen atoms in total. The number of rotatable bonds is 8. The lowest BCUT2D eigenvalue weighted by Crippen LogP contribution is -2.41. The van der Waals surface area contributed by atoms with Gasteiger partial charge in [-0.2, -0.15) is 0 Å². The lowest BCUT2D eigenvalue weighted by atomic mass is 10.1. The van der Waals surface area contributed by atoms with E-state index in [2.05, 4.69) is 5.32 Å². The third kappa shape index (κ3) is 5.76. The van der Waals surface area contributed by atoms with Crippen LogP contribution in [0.1, 0.15) is 5.56 Å². The zero-order valence-electron chi connectivity index (χ0n) is 16.3. The third-order valence-electron chi connectivity index (χ3n) is 4.47. The zero-order valence-corrected chi connectivity index (χ0v) is 18.6. The van der Waals surface area contributed by atoms with Gasteiger partial charge >= 0.3 is 0 Å². The number of sulfonamides is 1. The number of hydrogen-bond donors (Lipinski definition) is 1. The van der Waals surface area contributed by atoms with Crippen molar-refractivity contribution in [2.75, 3.05) is 17.4 Å². The molecule has 0 saturated heterocycles. The SMILES string of the molecule is O=C(CN(c1cccc(Cl)c1Cl)S(=O)(=O)c1ccccc1)NCCc1ccc(F)cc1. The van der Waals surface area contributed by atoms with Crippen molar-refractivity contribution in [2.45, 2.75) is 11.3 Å². The first-order valence-corrected chi connectivity index (χ1v) is 11.5. The van der Waals surface area contributed by atoms with E-state index in [1.54, 1.807) is 36.4 Å². The van der Waals surface area contributed by atoms with Crippen LogP contribution in [0.4, 0.5) is 10.1 Å². The molecule has 0 heterocycles. The molecule has 0 atom stereocenters. The van der Waals surface area contributed by atoms with Gasteiger partial charge in [0, 0.05) is 6.54 Å². The molecule has 0 aliphatic rings. The number of carbonyl (C=O) groups is 1. The summed E-state index contributed by atoms with van der Waals surface area (Å²) in [7, 11) is -4.08. The van der Waals surface area contributed by atoms with Gasteiger partial charge in [-0.15, -0.1) is 0 Å². The summed E-state index contributed by atoms with van der Waals surface area (Å²) in [4.78, 5) is 12.6. The summed E-state index contributed by atoms with van der Waals surface area (Å²) >= 11 is 12.3. The molecule has 0 unspecified atom stereocenters. The number of nitrogens with one attached hydrogen (secondary N) is 1. The fourth-order valence-corrected chi connectivity index (χ4v) is 4.79. The van der Waals surface area contributed by atoms with Crippen molar-refractivity contribution >= 4 is 44.8 Å². The normalized spacial score (nSPS) is 11.2. The summed E-state index contributed by atoms with van der Waals surface area (Å²) in [6, 6.07) is 18.3. The maximum atomic E-state index is 13.3. The molecular formula is C22H19Cl2FN2O3S. The van der Waals surface area contributed by atoms with Crippen molar-refractivity contribution in [2.24, 2.45) is 0 Å². The lowest BCUT2D eigenvalue weighted by molar-refractivity contribution is -0.119. The van der Waals surface area contributed by atoms with Crippen LogP contribution in [0.5, 0.6) is 0 Å². The highest BCUT2D eigenvalue weighted by Crippen LogP contribution is 2.35. The van der Waals surface area contributed by atoms with Crippen molar-refractivity contribution in [1.29, 1.82) is 0 Å². The molecule has 0 radical (unpaired) electrons. The molecule has 3 aromatic carbocycles. The van der Waals surface area contributed by atoms with Crippen LogP contribution in [-0.2, 0) is 21.2 Å². The first-order valence-electron chi connectivity index (χ1n) is 9.32. The average molecular weight is 481 g/mol. The highest BCUT2D eigenvalue weighted by atomic mass is 35.5. The molecule has 0 fully saturated rings. The van der Waals surface area contributed by atoms with E-state index in [0.29, 0.717) is 6.42 Å². The van der Waals surface area contributed by atoms with Crippen LogP contribution in [-0.4, -0.2) is 27.4 Å². The first kappa shape index (κ1) is 23.1. The Bertz CT molecular complexity index is 1160. The third-order valence-corrected chi connectivity index (χ3v) is 7.05. The molecule has 0 aliphatic heterocycles. The summed E-state index contributed by atoms with van der Waals surface area (Å²) in [5, 5.41) is 2.89. The van der Waals surface area contributed by atoms with Crippen LogP contribution >= 0.6 is 23.2 Å². The molecule has 3 aromatic rings. The molecule has 1 amide bonds. The Morgan fingerprint density at radius 3 is 2.29 bits per heavy atom. The Morgan fingerprint density at radius 1 is 0.935 bits per heavy atom. The highest BCUT2D eigenvalue weighted by Gasteiger charge is 2.29. The maximum Gasteiger partial charge on any atom is 0.264 e. The Hall–Kier alpha value is -2.61. The number of benzene rings is 3. The summed E-state index contributed by atoms with van der Waals surface area (Å²) in [6.07, 6.45) is 0.468. The second-order valence-corrected chi connectivity index (χ2v) is 9.27. The van der Waals surface area contributed by atoms with Crippen molar-refractivity contribution < 1.29 is 17.6 Å². The van der Waals surface area contributed by atoms with Crippen molar-refractivity contribution in [1.82, 2.24) is 5.32 Å². The van der Waals surface area contributed by atoms with E-state index < -0.39 is 22.5 Å². The minimum atomic E-state index is -4.08. The van der Waals surface area contributed by atoms with E-state index in [1.165, 1.54) is 36.4 Å². The van der Waals surface area contributed by atoms with Crippen molar-refractivity contribution in [3.8, 4) is 0 Å². The summed E-state index contributed by atoms with van der Waals surface area (Å²) in [5.74, 6) is -0.856. The average Bonchev–Trinajstić information content (AvgIpc) is 2.76. The van der Waals surface area contributed by atoms with Crippen LogP contribution in [0, 0.1) is 5.82 Å². The molecule has 1 N–H and O–H groups in total. The Balaban J connectivity index is 1.80. The zero-order chi connectivity index (χ0) is 22.4. The molecule has 9 heteroatoms. The van der Waals surface area contributed by atoms with E-state index in [9.17, 15) is 17.6 Å². The number of carbonyl (C=O) groups excluding carboxylic acids is 1. The van der Waals surface area contributed by atoms with E-state index >= 15 is 0 Å². The fourth-order valence-electron chi connectivity index (χ4n) is 2.89. The van der Waals surface area contributed by atoms with Gasteiger partial charge in [-0.1, -0.05) is 59.6 Å². The Kier molecular flexibility index (Phi) is 7.54. The smallest absolute Gasteiger partial charge is 0.264 e. The summed E-state index contributed by atoms with van der Waals surface area (Å²) in [5.41, 5.74) is 0.944. The number of nitrogens with zero attached hydrogens (tertiary/aromatic N) is 1. The number of hydrogen-bond acceptors (Lipinski definition) is 3. The second kappa shape index (κ2) is 10.1. The lowest BCUT2D eigenvalue weighted by Gasteiger charge is -2.25. The molecule has 0 aromatic heterocycles. The van der Waals surface area contributed by atoms with Crippen LogP contribution in [0.25, 0.3) is 0 Å². The summed E-state index contributed by atoms with van der Waals surface area (Å²) < 4.78 is 40.5. The number of amides is 1. The molecule has 0 bridgehead atoms. The standard InChI is InChI=1S/C22H19Cl2FN2O3S/c23-19-7-4-8-20(22(19)24)27(31(29,30)18-5-2-1-3-6-18)15-21(28)26-14-13-16-9-11-17(25)12-10-16/h1-12H,13-15H2,(H,26,28). The van der Waals surface area contributed by atoms with E-state index in [4.69, 9.17) is 23.2 Å². The Morgan fingerprint density at radius 2 is 1.61 bits per heavy atom. The number of anilines is 1. The van der Waals surface area contributed by atoms with E-state index in [-0.39, 0.29) is 33.0 Å². The molecule has 162 valence electrons. The molecular weight excluding hydrogens is 462 g/mol. The fraction of sp³-hybridized carbons (Fsp3) is 0.136. The van der Waals surface area contributed by atoms with Gasteiger partial charge in [-0.05, 0) is 48.4 Å². The number of halogens is 3. The topological polar surface area (TPSA) is 66.5 Å². The van der Waals surface area contributed by atoms with Crippen LogP contribution in [0.3, 0.4) is 0 Å². The van der Waals surface area contributed by atoms with Gasteiger partial charge in [0.1, 0.15) is 12.4 Å². The first-order chi connectivity index (χ1) is 14.8. The predicted molar refractivity (Wildman–Crippen MR) is 121 cm³/mol. The molecule has 3 rings (SSSR count). The molecule has 0 aliphatic carbocycles. The van der Waals surface area contributed by atoms with E-state index in [1.807, 2.05) is 0 Å². The van der Waals surface area contributed by atoms with Gasteiger partial charge in [0.2, 0.25) is 5.91 Å². The van der Waals surface area contributed by atoms with Gasteiger partial charge in [-0.25, -0.2) is 12.8 Å². The summed E-state index contributed by atoms with van der Waals surface area (Å²) in [6.45, 7) is -0.228. The quantitative estimate of drug-likeness (QED) is 0.508. The van der Waals surface area contributed by atoms with Gasteiger partial charge in [-0.3, -0.25) is 9.10 Å². The van der Waals surface area contributed by atoms with Crippen LogP contribution < -0.4 is 9.62 Å². The van der Waals surface area contributed by atoms with Gasteiger partial charge < -0.3 is 5.32 Å². The molecule has 0 saturated carbocycles. The second-order valence-electron chi connectivity index (χ2n) is 6.62. The predicted octanol–water partition coefficient (Wildman–Crippen LogP) is 4.69. The van der Waals surface area contributed by atoms with Gasteiger partial charge in [0.25, 0.3) is 10.0 Å². The maximum absolute atomic E-state index is 13.3. The van der Waals surface area contributed by atoms with Crippen molar-refractivity contribution in [3.63, 3.8) is 0 Å². The van der Waals surface area contributed by atoms with Gasteiger partial charge in [0.05, 0.1) is 20.6 Å². The minimum absolute atomic E-state index is 0.0187. The Labute approximate surface area is 190 Å². The van der Waals surface area contributed by atoms with Crippen LogP contribution in [0.15, 0.2) is 77.7 Å². The monoisotopic (exact) mass is 480 g/mol. The largest absolute Gasteiger partial charge is 0.354 e. The van der Waals surface area contributed by atoms with Crippen LogP contribution in [0.2, 0.25) is 10.0 Å².